The molecule has 110 valence electrons. The van der Waals surface area contributed by atoms with Crippen molar-refractivity contribution in [1.82, 2.24) is 0 Å². The molecule has 1 heterocycles. The van der Waals surface area contributed by atoms with Crippen LogP contribution in [0.2, 0.25) is 0 Å². The van der Waals surface area contributed by atoms with Crippen LogP contribution in [0.15, 0.2) is 39.3 Å². The predicted octanol–water partition coefficient (Wildman–Crippen LogP) is 4.20. The van der Waals surface area contributed by atoms with Gasteiger partial charge in [0.25, 0.3) is 0 Å². The van der Waals surface area contributed by atoms with Crippen molar-refractivity contribution < 1.29 is 9.47 Å². The van der Waals surface area contributed by atoms with Gasteiger partial charge in [-0.15, -0.1) is 0 Å². The van der Waals surface area contributed by atoms with Gasteiger partial charge < -0.3 is 15.2 Å². The number of hydrogen-bond donors (Lipinski definition) is 1. The third-order valence-electron chi connectivity index (χ3n) is 3.65. The third-order valence-corrected chi connectivity index (χ3v) is 4.72. The number of fused-ring (bicyclic) bond motifs is 1. The van der Waals surface area contributed by atoms with E-state index in [2.05, 4.69) is 37.9 Å². The van der Waals surface area contributed by atoms with E-state index in [1.165, 1.54) is 5.56 Å². The first kappa shape index (κ1) is 14.9. The molecule has 0 aliphatic carbocycles. The standard InChI is InChI=1S/C16H15Br2NO2/c1-20-14-3-2-9(7-13(14)18)15(19)12-8-11(17)6-10-4-5-21-16(10)12/h2-3,6-8,15H,4-5,19H2,1H3. The Morgan fingerprint density at radius 1 is 1.24 bits per heavy atom. The second-order valence-electron chi connectivity index (χ2n) is 4.95. The van der Waals surface area contributed by atoms with Crippen LogP contribution in [0.25, 0.3) is 0 Å². The van der Waals surface area contributed by atoms with Gasteiger partial charge in [-0.1, -0.05) is 22.0 Å². The molecule has 5 heteroatoms. The van der Waals surface area contributed by atoms with Crippen molar-refractivity contribution in [3.63, 3.8) is 0 Å². The van der Waals surface area contributed by atoms with E-state index in [1.54, 1.807) is 7.11 Å². The Bertz CT molecular complexity index is 688. The van der Waals surface area contributed by atoms with Crippen LogP contribution in [0.1, 0.15) is 22.7 Å². The number of methoxy groups -OCH3 is 1. The number of rotatable bonds is 3. The quantitative estimate of drug-likeness (QED) is 0.821. The largest absolute Gasteiger partial charge is 0.496 e. The number of halogens is 2. The van der Waals surface area contributed by atoms with Crippen molar-refractivity contribution in [3.8, 4) is 11.5 Å². The summed E-state index contributed by atoms with van der Waals surface area (Å²) in [4.78, 5) is 0. The van der Waals surface area contributed by atoms with Gasteiger partial charge in [-0.05, 0) is 51.3 Å². The molecule has 0 amide bonds. The van der Waals surface area contributed by atoms with Crippen LogP contribution < -0.4 is 15.2 Å². The molecular formula is C16H15Br2NO2. The molecular weight excluding hydrogens is 398 g/mol. The molecule has 0 saturated carbocycles. The fourth-order valence-corrected chi connectivity index (χ4v) is 3.67. The lowest BCUT2D eigenvalue weighted by molar-refractivity contribution is 0.352. The van der Waals surface area contributed by atoms with Crippen LogP contribution in [0.3, 0.4) is 0 Å². The lowest BCUT2D eigenvalue weighted by atomic mass is 9.96. The van der Waals surface area contributed by atoms with E-state index in [4.69, 9.17) is 15.2 Å². The summed E-state index contributed by atoms with van der Waals surface area (Å²) >= 11 is 7.06. The third kappa shape index (κ3) is 2.82. The van der Waals surface area contributed by atoms with E-state index in [0.29, 0.717) is 0 Å². The van der Waals surface area contributed by atoms with Crippen molar-refractivity contribution >= 4 is 31.9 Å². The van der Waals surface area contributed by atoms with E-state index in [0.717, 1.165) is 44.6 Å². The number of ether oxygens (including phenoxy) is 2. The molecule has 3 nitrogen and oxygen atoms in total. The summed E-state index contributed by atoms with van der Waals surface area (Å²) < 4.78 is 12.9. The molecule has 1 unspecified atom stereocenters. The van der Waals surface area contributed by atoms with Gasteiger partial charge in [0.05, 0.1) is 24.2 Å². The predicted molar refractivity (Wildman–Crippen MR) is 90.1 cm³/mol. The minimum Gasteiger partial charge on any atom is -0.496 e. The number of nitrogens with two attached hydrogens (primary N) is 1. The topological polar surface area (TPSA) is 44.5 Å². The van der Waals surface area contributed by atoms with Crippen molar-refractivity contribution in [2.75, 3.05) is 13.7 Å². The normalized spacial score (nSPS) is 14.5. The van der Waals surface area contributed by atoms with E-state index < -0.39 is 0 Å². The number of hydrogen-bond acceptors (Lipinski definition) is 3. The zero-order chi connectivity index (χ0) is 15.0. The summed E-state index contributed by atoms with van der Waals surface area (Å²) in [5.74, 6) is 1.72. The van der Waals surface area contributed by atoms with Crippen LogP contribution in [-0.4, -0.2) is 13.7 Å². The second kappa shape index (κ2) is 5.99. The van der Waals surface area contributed by atoms with Gasteiger partial charge in [-0.2, -0.15) is 0 Å². The first-order valence-electron chi connectivity index (χ1n) is 6.64. The van der Waals surface area contributed by atoms with Crippen molar-refractivity contribution in [2.24, 2.45) is 5.73 Å². The highest BCUT2D eigenvalue weighted by molar-refractivity contribution is 9.10. The molecule has 0 aromatic heterocycles. The maximum absolute atomic E-state index is 6.46. The minimum absolute atomic E-state index is 0.239. The zero-order valence-corrected chi connectivity index (χ0v) is 14.7. The fourth-order valence-electron chi connectivity index (χ4n) is 2.58. The van der Waals surface area contributed by atoms with E-state index in [-0.39, 0.29) is 6.04 Å². The first-order valence-corrected chi connectivity index (χ1v) is 8.23. The molecule has 21 heavy (non-hydrogen) atoms. The maximum atomic E-state index is 6.46. The summed E-state index contributed by atoms with van der Waals surface area (Å²) in [6.07, 6.45) is 0.931. The van der Waals surface area contributed by atoms with Crippen LogP contribution in [0.4, 0.5) is 0 Å². The van der Waals surface area contributed by atoms with E-state index in [9.17, 15) is 0 Å². The molecule has 1 aliphatic heterocycles. The van der Waals surface area contributed by atoms with Gasteiger partial charge in [-0.3, -0.25) is 0 Å². The molecule has 3 rings (SSSR count). The van der Waals surface area contributed by atoms with Crippen LogP contribution in [0, 0.1) is 0 Å². The molecule has 1 aliphatic rings. The molecule has 2 N–H and O–H groups in total. The molecule has 1 atom stereocenters. The SMILES string of the molecule is COc1ccc(C(N)c2cc(Br)cc3c2OCC3)cc1Br. The molecule has 2 aromatic rings. The van der Waals surface area contributed by atoms with Gasteiger partial charge in [0.2, 0.25) is 0 Å². The molecule has 0 bridgehead atoms. The van der Waals surface area contributed by atoms with E-state index in [1.807, 2.05) is 24.3 Å². The average molecular weight is 413 g/mol. The van der Waals surface area contributed by atoms with Gasteiger partial charge in [0.1, 0.15) is 11.5 Å². The van der Waals surface area contributed by atoms with Crippen LogP contribution in [-0.2, 0) is 6.42 Å². The molecule has 0 saturated heterocycles. The van der Waals surface area contributed by atoms with Gasteiger partial charge >= 0.3 is 0 Å². The second-order valence-corrected chi connectivity index (χ2v) is 6.72. The average Bonchev–Trinajstić information content (AvgIpc) is 2.93. The van der Waals surface area contributed by atoms with E-state index >= 15 is 0 Å². The smallest absolute Gasteiger partial charge is 0.133 e. The summed E-state index contributed by atoms with van der Waals surface area (Å²) in [6, 6.07) is 9.78. The monoisotopic (exact) mass is 411 g/mol. The lowest BCUT2D eigenvalue weighted by Gasteiger charge is -2.17. The highest BCUT2D eigenvalue weighted by Gasteiger charge is 2.22. The molecule has 0 spiro atoms. The highest BCUT2D eigenvalue weighted by atomic mass is 79.9. The Balaban J connectivity index is 2.03. The summed E-state index contributed by atoms with van der Waals surface area (Å²) in [6.45, 7) is 0.720. The summed E-state index contributed by atoms with van der Waals surface area (Å²) in [5, 5.41) is 0. The molecule has 0 fully saturated rings. The van der Waals surface area contributed by atoms with Crippen molar-refractivity contribution in [2.45, 2.75) is 12.5 Å². The van der Waals surface area contributed by atoms with Gasteiger partial charge in [0, 0.05) is 16.5 Å². The highest BCUT2D eigenvalue weighted by Crippen LogP contribution is 2.39. The lowest BCUT2D eigenvalue weighted by Crippen LogP contribution is -2.13. The van der Waals surface area contributed by atoms with Crippen molar-refractivity contribution in [1.29, 1.82) is 0 Å². The Labute approximate surface area is 140 Å². The maximum Gasteiger partial charge on any atom is 0.133 e. The molecule has 2 aromatic carbocycles. The fraction of sp³-hybridized carbons (Fsp3) is 0.250. The van der Waals surface area contributed by atoms with Gasteiger partial charge in [-0.25, -0.2) is 0 Å². The number of benzene rings is 2. The first-order chi connectivity index (χ1) is 10.1. The summed E-state index contributed by atoms with van der Waals surface area (Å²) in [7, 11) is 1.65. The zero-order valence-electron chi connectivity index (χ0n) is 11.5. The van der Waals surface area contributed by atoms with Crippen LogP contribution >= 0.6 is 31.9 Å². The Kier molecular flexibility index (Phi) is 4.24. The Hall–Kier alpha value is -1.04. The summed E-state index contributed by atoms with van der Waals surface area (Å²) in [5.41, 5.74) is 9.69. The van der Waals surface area contributed by atoms with Crippen LogP contribution in [0.5, 0.6) is 11.5 Å². The molecule has 0 radical (unpaired) electrons. The Morgan fingerprint density at radius 3 is 2.76 bits per heavy atom. The van der Waals surface area contributed by atoms with Crippen molar-refractivity contribution in [3.05, 3.63) is 56.0 Å². The Morgan fingerprint density at radius 2 is 2.05 bits per heavy atom. The minimum atomic E-state index is -0.239. The van der Waals surface area contributed by atoms with Gasteiger partial charge in [0.15, 0.2) is 0 Å².